The Morgan fingerprint density at radius 1 is 1.15 bits per heavy atom. The molecule has 0 atom stereocenters. The zero-order chi connectivity index (χ0) is 15.1. The minimum absolute atomic E-state index is 0.137. The molecule has 0 spiro atoms. The molecule has 2 aromatic rings. The summed E-state index contributed by atoms with van der Waals surface area (Å²) < 4.78 is 3.66. The second-order valence-electron chi connectivity index (χ2n) is 6.12. The van der Waals surface area contributed by atoms with Crippen LogP contribution >= 0.6 is 0 Å². The highest BCUT2D eigenvalue weighted by atomic mass is 16.2. The molecule has 0 aliphatic carbocycles. The van der Waals surface area contributed by atoms with Crippen molar-refractivity contribution >= 4 is 5.91 Å². The Morgan fingerprint density at radius 2 is 1.70 bits per heavy atom. The molecule has 1 N–H and O–H groups in total. The van der Waals surface area contributed by atoms with Crippen LogP contribution in [0, 0.1) is 20.8 Å². The summed E-state index contributed by atoms with van der Waals surface area (Å²) in [6.45, 7) is 12.0. The molecular weight excluding hydrogens is 252 g/mol. The third-order valence-electron chi connectivity index (χ3n) is 3.37. The summed E-state index contributed by atoms with van der Waals surface area (Å²) in [5, 5.41) is 4.33. The van der Waals surface area contributed by atoms with E-state index in [4.69, 9.17) is 0 Å². The minimum atomic E-state index is -0.139. The fourth-order valence-corrected chi connectivity index (χ4v) is 2.32. The second kappa shape index (κ2) is 4.81. The lowest BCUT2D eigenvalue weighted by atomic mass is 10.1. The van der Waals surface area contributed by atoms with Crippen molar-refractivity contribution in [2.45, 2.75) is 47.1 Å². The SMILES string of the molecule is Cc1c(C(=O)Nn2c(C)ccc2C)cnn1C(C)(C)C. The van der Waals surface area contributed by atoms with Crippen LogP contribution in [0.2, 0.25) is 0 Å². The number of amides is 1. The molecule has 0 aliphatic rings. The van der Waals surface area contributed by atoms with Gasteiger partial charge in [0.05, 0.1) is 17.3 Å². The molecule has 0 unspecified atom stereocenters. The molecule has 0 bridgehead atoms. The molecule has 2 heterocycles. The normalized spacial score (nSPS) is 11.7. The molecule has 20 heavy (non-hydrogen) atoms. The van der Waals surface area contributed by atoms with Crippen LogP contribution in [0.5, 0.6) is 0 Å². The van der Waals surface area contributed by atoms with Crippen LogP contribution in [0.15, 0.2) is 18.3 Å². The minimum Gasteiger partial charge on any atom is -0.267 e. The van der Waals surface area contributed by atoms with Crippen LogP contribution in [0.4, 0.5) is 0 Å². The molecule has 0 radical (unpaired) electrons. The Labute approximate surface area is 119 Å². The van der Waals surface area contributed by atoms with Crippen molar-refractivity contribution in [2.75, 3.05) is 5.43 Å². The van der Waals surface area contributed by atoms with Gasteiger partial charge in [0, 0.05) is 17.1 Å². The molecule has 0 aliphatic heterocycles. The van der Waals surface area contributed by atoms with Gasteiger partial charge in [0.15, 0.2) is 0 Å². The van der Waals surface area contributed by atoms with E-state index in [1.165, 1.54) is 0 Å². The van der Waals surface area contributed by atoms with Crippen LogP contribution in [-0.2, 0) is 5.54 Å². The van der Waals surface area contributed by atoms with E-state index in [0.717, 1.165) is 17.1 Å². The average Bonchev–Trinajstić information content (AvgIpc) is 2.86. The standard InChI is InChI=1S/C15H22N4O/c1-10-7-8-11(2)18(10)17-14(20)13-9-16-19(12(13)3)15(4,5)6/h7-9H,1-6H3,(H,17,20). The highest BCUT2D eigenvalue weighted by Gasteiger charge is 2.21. The van der Waals surface area contributed by atoms with Crippen molar-refractivity contribution in [3.63, 3.8) is 0 Å². The summed E-state index contributed by atoms with van der Waals surface area (Å²) in [5.41, 5.74) is 6.24. The summed E-state index contributed by atoms with van der Waals surface area (Å²) in [5.74, 6) is -0.139. The predicted molar refractivity (Wildman–Crippen MR) is 79.6 cm³/mol. The number of carbonyl (C=O) groups excluding carboxylic acids is 1. The van der Waals surface area contributed by atoms with Crippen molar-refractivity contribution in [3.05, 3.63) is 41.0 Å². The smallest absolute Gasteiger partial charge is 0.267 e. The topological polar surface area (TPSA) is 51.9 Å². The lowest BCUT2D eigenvalue weighted by Gasteiger charge is -2.21. The van der Waals surface area contributed by atoms with Crippen molar-refractivity contribution < 1.29 is 4.79 Å². The number of nitrogens with one attached hydrogen (secondary N) is 1. The second-order valence-corrected chi connectivity index (χ2v) is 6.12. The van der Waals surface area contributed by atoms with Gasteiger partial charge in [-0.1, -0.05) is 0 Å². The summed E-state index contributed by atoms with van der Waals surface area (Å²) in [6, 6.07) is 3.95. The van der Waals surface area contributed by atoms with Gasteiger partial charge in [0.2, 0.25) is 0 Å². The van der Waals surface area contributed by atoms with E-state index in [2.05, 4.69) is 31.3 Å². The summed E-state index contributed by atoms with van der Waals surface area (Å²) in [7, 11) is 0. The zero-order valence-electron chi connectivity index (χ0n) is 13.0. The number of hydrogen-bond donors (Lipinski definition) is 1. The van der Waals surface area contributed by atoms with Gasteiger partial charge in [-0.15, -0.1) is 0 Å². The Morgan fingerprint density at radius 3 is 2.15 bits per heavy atom. The van der Waals surface area contributed by atoms with Gasteiger partial charge in [-0.2, -0.15) is 5.10 Å². The highest BCUT2D eigenvalue weighted by molar-refractivity contribution is 6.00. The van der Waals surface area contributed by atoms with E-state index in [1.54, 1.807) is 10.9 Å². The van der Waals surface area contributed by atoms with Gasteiger partial charge in [-0.3, -0.25) is 19.6 Å². The number of aryl methyl sites for hydroxylation is 2. The molecular formula is C15H22N4O. The number of rotatable bonds is 2. The third-order valence-corrected chi connectivity index (χ3v) is 3.37. The molecule has 0 fully saturated rings. The lowest BCUT2D eigenvalue weighted by Crippen LogP contribution is -2.27. The van der Waals surface area contributed by atoms with E-state index in [9.17, 15) is 4.79 Å². The Kier molecular flexibility index (Phi) is 3.46. The summed E-state index contributed by atoms with van der Waals surface area (Å²) in [4.78, 5) is 12.4. The Hall–Kier alpha value is -2.04. The predicted octanol–water partition coefficient (Wildman–Crippen LogP) is 2.75. The Balaban J connectivity index is 2.29. The fraction of sp³-hybridized carbons (Fsp3) is 0.467. The van der Waals surface area contributed by atoms with Gasteiger partial charge in [-0.05, 0) is 53.7 Å². The first-order chi connectivity index (χ1) is 9.21. The molecule has 2 rings (SSSR count). The van der Waals surface area contributed by atoms with Crippen LogP contribution in [-0.4, -0.2) is 20.4 Å². The largest absolute Gasteiger partial charge is 0.273 e. The monoisotopic (exact) mass is 274 g/mol. The van der Waals surface area contributed by atoms with E-state index in [1.807, 2.05) is 37.6 Å². The maximum absolute atomic E-state index is 12.4. The lowest BCUT2D eigenvalue weighted by molar-refractivity contribution is 0.101. The number of hydrogen-bond acceptors (Lipinski definition) is 2. The van der Waals surface area contributed by atoms with Gasteiger partial charge < -0.3 is 0 Å². The molecule has 1 amide bonds. The third kappa shape index (κ3) is 2.48. The summed E-state index contributed by atoms with van der Waals surface area (Å²) >= 11 is 0. The van der Waals surface area contributed by atoms with Crippen molar-refractivity contribution in [1.82, 2.24) is 14.5 Å². The molecule has 5 heteroatoms. The average molecular weight is 274 g/mol. The first-order valence-corrected chi connectivity index (χ1v) is 6.73. The number of nitrogens with zero attached hydrogens (tertiary/aromatic N) is 3. The highest BCUT2D eigenvalue weighted by Crippen LogP contribution is 2.18. The maximum atomic E-state index is 12.4. The Bertz CT molecular complexity index is 624. The van der Waals surface area contributed by atoms with Crippen LogP contribution < -0.4 is 5.43 Å². The van der Waals surface area contributed by atoms with E-state index in [-0.39, 0.29) is 11.4 Å². The summed E-state index contributed by atoms with van der Waals surface area (Å²) in [6.07, 6.45) is 1.63. The molecule has 2 aromatic heterocycles. The van der Waals surface area contributed by atoms with E-state index in [0.29, 0.717) is 5.56 Å². The van der Waals surface area contributed by atoms with Crippen LogP contribution in [0.25, 0.3) is 0 Å². The first kappa shape index (κ1) is 14.4. The number of aromatic nitrogens is 3. The fourth-order valence-electron chi connectivity index (χ4n) is 2.32. The quantitative estimate of drug-likeness (QED) is 0.915. The van der Waals surface area contributed by atoms with Gasteiger partial charge in [-0.25, -0.2) is 0 Å². The van der Waals surface area contributed by atoms with Gasteiger partial charge in [0.25, 0.3) is 5.91 Å². The van der Waals surface area contributed by atoms with E-state index < -0.39 is 0 Å². The first-order valence-electron chi connectivity index (χ1n) is 6.73. The molecule has 0 saturated heterocycles. The van der Waals surface area contributed by atoms with E-state index >= 15 is 0 Å². The molecule has 5 nitrogen and oxygen atoms in total. The maximum Gasteiger partial charge on any atom is 0.273 e. The van der Waals surface area contributed by atoms with Crippen LogP contribution in [0.3, 0.4) is 0 Å². The molecule has 108 valence electrons. The van der Waals surface area contributed by atoms with Crippen LogP contribution in [0.1, 0.15) is 48.2 Å². The molecule has 0 saturated carbocycles. The van der Waals surface area contributed by atoms with Crippen molar-refractivity contribution in [3.8, 4) is 0 Å². The van der Waals surface area contributed by atoms with Gasteiger partial charge in [0.1, 0.15) is 0 Å². The number of carbonyl (C=O) groups is 1. The van der Waals surface area contributed by atoms with Gasteiger partial charge >= 0.3 is 0 Å². The van der Waals surface area contributed by atoms with Crippen molar-refractivity contribution in [1.29, 1.82) is 0 Å². The zero-order valence-corrected chi connectivity index (χ0v) is 13.0. The molecule has 0 aromatic carbocycles. The van der Waals surface area contributed by atoms with Crippen molar-refractivity contribution in [2.24, 2.45) is 0 Å².